The summed E-state index contributed by atoms with van der Waals surface area (Å²) in [7, 11) is 0. The van der Waals surface area contributed by atoms with E-state index in [1.54, 1.807) is 0 Å². The van der Waals surface area contributed by atoms with Gasteiger partial charge in [-0.1, -0.05) is 25.1 Å². The van der Waals surface area contributed by atoms with Gasteiger partial charge in [0.1, 0.15) is 12.4 Å². The molecule has 152 valence electrons. The molecular weight excluding hydrogens is 364 g/mol. The minimum atomic E-state index is -0.0927. The molecule has 0 aliphatic carbocycles. The number of nitrogens with two attached hydrogens (primary N) is 1. The van der Waals surface area contributed by atoms with Gasteiger partial charge in [0.15, 0.2) is 6.29 Å². The predicted octanol–water partition coefficient (Wildman–Crippen LogP) is 5.18. The van der Waals surface area contributed by atoms with Crippen LogP contribution >= 0.6 is 0 Å². The maximum atomic E-state index is 6.05. The molecule has 5 heteroatoms. The maximum Gasteiger partial charge on any atom is 0.158 e. The quantitative estimate of drug-likeness (QED) is 0.561. The van der Waals surface area contributed by atoms with E-state index < -0.39 is 0 Å². The lowest BCUT2D eigenvalue weighted by molar-refractivity contribution is -0.193. The summed E-state index contributed by atoms with van der Waals surface area (Å²) in [4.78, 5) is 4.77. The number of hydrogen-bond donors (Lipinski definition) is 1. The summed E-state index contributed by atoms with van der Waals surface area (Å²) in [5.41, 5.74) is 9.44. The van der Waals surface area contributed by atoms with Gasteiger partial charge in [0.25, 0.3) is 0 Å². The van der Waals surface area contributed by atoms with Crippen LogP contribution in [-0.2, 0) is 9.47 Å². The van der Waals surface area contributed by atoms with Crippen LogP contribution < -0.4 is 10.5 Å². The number of fused-ring (bicyclic) bond motifs is 1. The standard InChI is InChI=1S/C24H28N2O3/c1-2-20(29-24-5-3-4-14-27-24)16-28-21-11-13-23-18(15-21)8-12-22(26-23)17-6-9-19(25)10-7-17/h6-13,15,20,24H,2-5,14,16,25H2,1H3. The first kappa shape index (κ1) is 19.7. The molecule has 29 heavy (non-hydrogen) atoms. The van der Waals surface area contributed by atoms with Crippen molar-refractivity contribution in [2.24, 2.45) is 0 Å². The van der Waals surface area contributed by atoms with Crippen molar-refractivity contribution in [1.29, 1.82) is 0 Å². The molecule has 1 aromatic heterocycles. The van der Waals surface area contributed by atoms with E-state index in [0.29, 0.717) is 6.61 Å². The number of benzene rings is 2. The Kier molecular flexibility index (Phi) is 6.27. The number of rotatable bonds is 7. The van der Waals surface area contributed by atoms with E-state index in [2.05, 4.69) is 13.0 Å². The molecule has 2 N–H and O–H groups in total. The van der Waals surface area contributed by atoms with Gasteiger partial charge < -0.3 is 19.9 Å². The van der Waals surface area contributed by atoms with Crippen molar-refractivity contribution in [2.75, 3.05) is 18.9 Å². The molecule has 2 heterocycles. The van der Waals surface area contributed by atoms with Crippen LogP contribution in [0.15, 0.2) is 54.6 Å². The summed E-state index contributed by atoms with van der Waals surface area (Å²) in [6.07, 6.45) is 4.08. The highest BCUT2D eigenvalue weighted by Crippen LogP contribution is 2.25. The van der Waals surface area contributed by atoms with E-state index in [4.69, 9.17) is 24.9 Å². The van der Waals surface area contributed by atoms with Gasteiger partial charge in [-0.2, -0.15) is 0 Å². The summed E-state index contributed by atoms with van der Waals surface area (Å²) < 4.78 is 17.8. The number of ether oxygens (including phenoxy) is 3. The van der Waals surface area contributed by atoms with Crippen LogP contribution in [0.4, 0.5) is 5.69 Å². The zero-order valence-corrected chi connectivity index (χ0v) is 16.8. The van der Waals surface area contributed by atoms with Gasteiger partial charge in [-0.15, -0.1) is 0 Å². The van der Waals surface area contributed by atoms with Crippen molar-refractivity contribution in [2.45, 2.75) is 45.0 Å². The fraction of sp³-hybridized carbons (Fsp3) is 0.375. The molecule has 2 aromatic carbocycles. The lowest BCUT2D eigenvalue weighted by Gasteiger charge is -2.27. The highest BCUT2D eigenvalue weighted by atomic mass is 16.7. The minimum absolute atomic E-state index is 0.0276. The Hall–Kier alpha value is -2.63. The summed E-state index contributed by atoms with van der Waals surface area (Å²) in [6.45, 7) is 3.41. The molecule has 1 aliphatic rings. The smallest absolute Gasteiger partial charge is 0.158 e. The van der Waals surface area contributed by atoms with Gasteiger partial charge in [-0.3, -0.25) is 0 Å². The van der Waals surface area contributed by atoms with Crippen molar-refractivity contribution in [3.05, 3.63) is 54.6 Å². The number of nitrogen functional groups attached to an aromatic ring is 1. The Labute approximate surface area is 171 Å². The molecule has 0 amide bonds. The zero-order valence-electron chi connectivity index (χ0n) is 16.8. The second-order valence-electron chi connectivity index (χ2n) is 7.45. The van der Waals surface area contributed by atoms with E-state index in [0.717, 1.165) is 65.9 Å². The second-order valence-corrected chi connectivity index (χ2v) is 7.45. The Morgan fingerprint density at radius 1 is 1.10 bits per heavy atom. The average molecular weight is 392 g/mol. The van der Waals surface area contributed by atoms with Gasteiger partial charge in [0.05, 0.1) is 17.3 Å². The molecule has 0 radical (unpaired) electrons. The Bertz CT molecular complexity index is 937. The molecule has 2 atom stereocenters. The SMILES string of the molecule is CCC(COc1ccc2nc(-c3ccc(N)cc3)ccc2c1)OC1CCCCO1. The molecule has 2 unspecified atom stereocenters. The number of pyridine rings is 1. The number of anilines is 1. The summed E-state index contributed by atoms with van der Waals surface area (Å²) >= 11 is 0. The first-order valence-corrected chi connectivity index (χ1v) is 10.4. The lowest BCUT2D eigenvalue weighted by atomic mass is 10.1. The molecule has 1 fully saturated rings. The van der Waals surface area contributed by atoms with Gasteiger partial charge in [0.2, 0.25) is 0 Å². The van der Waals surface area contributed by atoms with Crippen LogP contribution in [0, 0.1) is 0 Å². The van der Waals surface area contributed by atoms with Crippen LogP contribution in [0.1, 0.15) is 32.6 Å². The van der Waals surface area contributed by atoms with E-state index in [1.807, 2.05) is 48.5 Å². The highest BCUT2D eigenvalue weighted by molar-refractivity contribution is 5.83. The summed E-state index contributed by atoms with van der Waals surface area (Å²) in [5.74, 6) is 0.825. The van der Waals surface area contributed by atoms with Crippen LogP contribution in [-0.4, -0.2) is 30.6 Å². The second kappa shape index (κ2) is 9.25. The van der Waals surface area contributed by atoms with Gasteiger partial charge in [0, 0.05) is 23.2 Å². The molecule has 1 saturated heterocycles. The largest absolute Gasteiger partial charge is 0.491 e. The molecule has 1 aliphatic heterocycles. The van der Waals surface area contributed by atoms with Gasteiger partial charge >= 0.3 is 0 Å². The first-order chi connectivity index (χ1) is 14.2. The Balaban J connectivity index is 1.41. The molecule has 5 nitrogen and oxygen atoms in total. The van der Waals surface area contributed by atoms with Crippen LogP contribution in [0.5, 0.6) is 5.75 Å². The number of aromatic nitrogens is 1. The monoisotopic (exact) mass is 392 g/mol. The average Bonchev–Trinajstić information content (AvgIpc) is 2.77. The van der Waals surface area contributed by atoms with Crippen molar-refractivity contribution in [1.82, 2.24) is 4.98 Å². The van der Waals surface area contributed by atoms with Gasteiger partial charge in [-0.05, 0) is 62.1 Å². The molecule has 0 spiro atoms. The number of nitrogens with zero attached hydrogens (tertiary/aromatic N) is 1. The number of hydrogen-bond acceptors (Lipinski definition) is 5. The van der Waals surface area contributed by atoms with Crippen molar-refractivity contribution in [3.63, 3.8) is 0 Å². The predicted molar refractivity (Wildman–Crippen MR) is 116 cm³/mol. The zero-order chi connectivity index (χ0) is 20.1. The lowest BCUT2D eigenvalue weighted by Crippen LogP contribution is -2.31. The van der Waals surface area contributed by atoms with Crippen molar-refractivity contribution >= 4 is 16.6 Å². The van der Waals surface area contributed by atoms with Crippen LogP contribution in [0.2, 0.25) is 0 Å². The summed E-state index contributed by atoms with van der Waals surface area (Å²) in [5, 5.41) is 1.05. The van der Waals surface area contributed by atoms with E-state index in [9.17, 15) is 0 Å². The third-order valence-corrected chi connectivity index (χ3v) is 5.24. The van der Waals surface area contributed by atoms with Crippen LogP contribution in [0.25, 0.3) is 22.2 Å². The first-order valence-electron chi connectivity index (χ1n) is 10.4. The molecular formula is C24H28N2O3. The summed E-state index contributed by atoms with van der Waals surface area (Å²) in [6, 6.07) is 17.8. The van der Waals surface area contributed by atoms with E-state index in [1.165, 1.54) is 0 Å². The van der Waals surface area contributed by atoms with Crippen molar-refractivity contribution in [3.8, 4) is 17.0 Å². The van der Waals surface area contributed by atoms with E-state index >= 15 is 0 Å². The van der Waals surface area contributed by atoms with Gasteiger partial charge in [-0.25, -0.2) is 4.98 Å². The molecule has 4 rings (SSSR count). The third kappa shape index (κ3) is 5.05. The van der Waals surface area contributed by atoms with Crippen LogP contribution in [0.3, 0.4) is 0 Å². The molecule has 3 aromatic rings. The Morgan fingerprint density at radius 3 is 2.72 bits per heavy atom. The highest BCUT2D eigenvalue weighted by Gasteiger charge is 2.19. The maximum absolute atomic E-state index is 6.05. The minimum Gasteiger partial charge on any atom is -0.491 e. The molecule has 0 saturated carbocycles. The van der Waals surface area contributed by atoms with Crippen molar-refractivity contribution < 1.29 is 14.2 Å². The van der Waals surface area contributed by atoms with E-state index in [-0.39, 0.29) is 12.4 Å². The Morgan fingerprint density at radius 2 is 1.97 bits per heavy atom. The topological polar surface area (TPSA) is 66.6 Å². The third-order valence-electron chi connectivity index (χ3n) is 5.24. The fourth-order valence-electron chi connectivity index (χ4n) is 3.48. The fourth-order valence-corrected chi connectivity index (χ4v) is 3.48. The molecule has 0 bridgehead atoms. The normalized spacial score (nSPS) is 17.9.